The van der Waals surface area contributed by atoms with Gasteiger partial charge in [-0.05, 0) is 90.2 Å². The van der Waals surface area contributed by atoms with Crippen molar-refractivity contribution < 1.29 is 15.0 Å². The molecule has 3 fully saturated rings. The van der Waals surface area contributed by atoms with Crippen LogP contribution >= 0.6 is 15.9 Å². The fourth-order valence-electron chi connectivity index (χ4n) is 6.78. The van der Waals surface area contributed by atoms with E-state index in [0.29, 0.717) is 25.9 Å². The molecule has 2 saturated heterocycles. The van der Waals surface area contributed by atoms with Gasteiger partial charge in [-0.3, -0.25) is 14.4 Å². The molecule has 1 aromatic carbocycles. The van der Waals surface area contributed by atoms with Gasteiger partial charge in [-0.1, -0.05) is 6.07 Å². The minimum absolute atomic E-state index is 0.0322. The van der Waals surface area contributed by atoms with Crippen LogP contribution in [0, 0.1) is 5.92 Å². The van der Waals surface area contributed by atoms with E-state index >= 15 is 0 Å². The highest BCUT2D eigenvalue weighted by Crippen LogP contribution is 2.56. The van der Waals surface area contributed by atoms with Gasteiger partial charge in [-0.2, -0.15) is 5.10 Å². The second-order valence-corrected chi connectivity index (χ2v) is 11.4. The van der Waals surface area contributed by atoms with Crippen LogP contribution in [0.2, 0.25) is 0 Å². The molecule has 2 aliphatic heterocycles. The topological polar surface area (TPSA) is 81.8 Å². The molecule has 0 radical (unpaired) electrons. The standard InChI is InChI=1S/C25H31BrN4O3/c26-19-13-27-30(15-19)16-23(32)28-8-5-24-6-9-29(14-17-1-2-17)22(25(24,33)7-10-28)11-18-3-4-20(31)12-21(18)24/h3-4,12-13,15,17,22,31,33H,1-2,5-11,14,16H2. The zero-order chi connectivity index (χ0) is 22.8. The quantitative estimate of drug-likeness (QED) is 0.655. The molecule has 3 atom stereocenters. The molecule has 2 aromatic rings. The first-order valence-electron chi connectivity index (χ1n) is 12.1. The molecule has 33 heavy (non-hydrogen) atoms. The largest absolute Gasteiger partial charge is 0.508 e. The van der Waals surface area contributed by atoms with Crippen LogP contribution in [0.3, 0.4) is 0 Å². The molecule has 0 spiro atoms. The van der Waals surface area contributed by atoms with Gasteiger partial charge in [0.05, 0.1) is 16.3 Å². The number of benzene rings is 1. The number of nitrogens with zero attached hydrogens (tertiary/aromatic N) is 4. The molecule has 7 nitrogen and oxygen atoms in total. The van der Waals surface area contributed by atoms with Crippen LogP contribution in [0.4, 0.5) is 0 Å². The van der Waals surface area contributed by atoms with Crippen molar-refractivity contribution in [3.63, 3.8) is 0 Å². The third-order valence-corrected chi connectivity index (χ3v) is 9.09. The molecular formula is C25H31BrN4O3. The maximum atomic E-state index is 13.2. The van der Waals surface area contributed by atoms with Crippen LogP contribution in [0.15, 0.2) is 35.1 Å². The summed E-state index contributed by atoms with van der Waals surface area (Å²) in [7, 11) is 0. The summed E-state index contributed by atoms with van der Waals surface area (Å²) in [5, 5.41) is 27.1. The molecule has 1 saturated carbocycles. The molecular weight excluding hydrogens is 484 g/mol. The van der Waals surface area contributed by atoms with Gasteiger partial charge >= 0.3 is 0 Å². The number of phenolic OH excluding ortho intramolecular Hbond substituents is 1. The number of piperidine rings is 1. The molecule has 3 unspecified atom stereocenters. The van der Waals surface area contributed by atoms with Crippen LogP contribution < -0.4 is 0 Å². The lowest BCUT2D eigenvalue weighted by Gasteiger charge is -2.61. The van der Waals surface area contributed by atoms with E-state index in [1.807, 2.05) is 23.2 Å². The Kier molecular flexibility index (Phi) is 5.12. The SMILES string of the molecule is O=C(Cn1cc(Br)cn1)N1CCC23CCN(CC4CC4)C(Cc4ccc(O)cc42)C3(O)CC1. The number of phenols is 1. The average Bonchev–Trinajstić information content (AvgIpc) is 3.53. The van der Waals surface area contributed by atoms with Gasteiger partial charge in [0.2, 0.25) is 5.91 Å². The molecule has 176 valence electrons. The fraction of sp³-hybridized carbons (Fsp3) is 0.600. The monoisotopic (exact) mass is 514 g/mol. The van der Waals surface area contributed by atoms with Crippen LogP contribution in [-0.2, 0) is 23.2 Å². The Hall–Kier alpha value is -1.90. The number of halogens is 1. The lowest BCUT2D eigenvalue weighted by molar-refractivity contribution is -0.149. The van der Waals surface area contributed by atoms with Gasteiger partial charge in [-0.15, -0.1) is 0 Å². The van der Waals surface area contributed by atoms with Gasteiger partial charge in [0.1, 0.15) is 12.3 Å². The number of fused-ring (bicyclic) bond motifs is 1. The number of carbonyl (C=O) groups excluding carboxylic acids is 1. The first-order valence-corrected chi connectivity index (χ1v) is 12.9. The van der Waals surface area contributed by atoms with E-state index in [2.05, 4.69) is 25.9 Å². The van der Waals surface area contributed by atoms with Crippen LogP contribution in [0.5, 0.6) is 5.75 Å². The smallest absolute Gasteiger partial charge is 0.244 e. The van der Waals surface area contributed by atoms with Gasteiger partial charge in [0.25, 0.3) is 0 Å². The summed E-state index contributed by atoms with van der Waals surface area (Å²) in [6.45, 7) is 3.38. The first kappa shape index (κ1) is 21.6. The summed E-state index contributed by atoms with van der Waals surface area (Å²) in [6.07, 6.45) is 9.01. The van der Waals surface area contributed by atoms with E-state index in [9.17, 15) is 15.0 Å². The van der Waals surface area contributed by atoms with Gasteiger partial charge in [0, 0.05) is 37.3 Å². The Morgan fingerprint density at radius 1 is 1.18 bits per heavy atom. The molecule has 1 aromatic heterocycles. The second-order valence-electron chi connectivity index (χ2n) is 10.5. The van der Waals surface area contributed by atoms with Gasteiger partial charge in [0.15, 0.2) is 0 Å². The molecule has 2 bridgehead atoms. The minimum Gasteiger partial charge on any atom is -0.508 e. The first-order chi connectivity index (χ1) is 15.9. The zero-order valence-corrected chi connectivity index (χ0v) is 20.4. The van der Waals surface area contributed by atoms with Crippen LogP contribution in [0.25, 0.3) is 0 Å². The average molecular weight is 515 g/mol. The Morgan fingerprint density at radius 2 is 1.97 bits per heavy atom. The Morgan fingerprint density at radius 3 is 2.73 bits per heavy atom. The summed E-state index contributed by atoms with van der Waals surface area (Å²) in [5.41, 5.74) is 0.986. The van der Waals surface area contributed by atoms with Crippen molar-refractivity contribution in [3.05, 3.63) is 46.2 Å². The zero-order valence-electron chi connectivity index (χ0n) is 18.8. The fourth-order valence-corrected chi connectivity index (χ4v) is 7.11. The highest BCUT2D eigenvalue weighted by molar-refractivity contribution is 9.10. The number of aromatic hydroxyl groups is 1. The van der Waals surface area contributed by atoms with Crippen molar-refractivity contribution in [1.29, 1.82) is 0 Å². The molecule has 2 N–H and O–H groups in total. The lowest BCUT2D eigenvalue weighted by atomic mass is 9.52. The minimum atomic E-state index is -0.912. The Labute approximate surface area is 202 Å². The molecule has 6 rings (SSSR count). The van der Waals surface area contributed by atoms with E-state index in [1.165, 1.54) is 18.4 Å². The van der Waals surface area contributed by atoms with Crippen LogP contribution in [-0.4, -0.2) is 73.5 Å². The summed E-state index contributed by atoms with van der Waals surface area (Å²) < 4.78 is 2.51. The summed E-state index contributed by atoms with van der Waals surface area (Å²) in [5.74, 6) is 1.05. The van der Waals surface area contributed by atoms with Crippen molar-refractivity contribution in [2.24, 2.45) is 5.92 Å². The van der Waals surface area contributed by atoms with E-state index in [4.69, 9.17) is 0 Å². The Balaban J connectivity index is 1.34. The van der Waals surface area contributed by atoms with E-state index in [1.54, 1.807) is 16.9 Å². The van der Waals surface area contributed by atoms with Crippen LogP contribution in [0.1, 0.15) is 43.2 Å². The van der Waals surface area contributed by atoms with E-state index in [0.717, 1.165) is 41.9 Å². The van der Waals surface area contributed by atoms with E-state index < -0.39 is 11.0 Å². The number of aliphatic hydroxyl groups is 1. The van der Waals surface area contributed by atoms with Crippen molar-refractivity contribution >= 4 is 21.8 Å². The number of carbonyl (C=O) groups is 1. The number of likely N-dealkylation sites (tertiary alicyclic amines) is 2. The third-order valence-electron chi connectivity index (χ3n) is 8.68. The predicted octanol–water partition coefficient (Wildman–Crippen LogP) is 2.68. The lowest BCUT2D eigenvalue weighted by Crippen LogP contribution is -2.71. The van der Waals surface area contributed by atoms with Crippen molar-refractivity contribution in [1.82, 2.24) is 19.6 Å². The van der Waals surface area contributed by atoms with Crippen molar-refractivity contribution in [2.75, 3.05) is 26.2 Å². The highest BCUT2D eigenvalue weighted by Gasteiger charge is 2.63. The predicted molar refractivity (Wildman–Crippen MR) is 127 cm³/mol. The normalized spacial score (nSPS) is 31.6. The Bertz CT molecular complexity index is 1090. The molecule has 4 aliphatic rings. The number of aromatic nitrogens is 2. The third kappa shape index (κ3) is 3.53. The maximum Gasteiger partial charge on any atom is 0.244 e. The van der Waals surface area contributed by atoms with Crippen molar-refractivity contribution in [3.8, 4) is 5.75 Å². The molecule has 2 aliphatic carbocycles. The molecule has 3 heterocycles. The summed E-state index contributed by atoms with van der Waals surface area (Å²) in [6, 6.07) is 5.76. The summed E-state index contributed by atoms with van der Waals surface area (Å²) >= 11 is 3.39. The maximum absolute atomic E-state index is 13.2. The van der Waals surface area contributed by atoms with Gasteiger partial charge < -0.3 is 15.1 Å². The van der Waals surface area contributed by atoms with Crippen molar-refractivity contribution in [2.45, 2.75) is 62.1 Å². The number of amides is 1. The molecule has 1 amide bonds. The van der Waals surface area contributed by atoms with E-state index in [-0.39, 0.29) is 24.2 Å². The number of hydrogen-bond donors (Lipinski definition) is 2. The highest BCUT2D eigenvalue weighted by atomic mass is 79.9. The van der Waals surface area contributed by atoms with Gasteiger partial charge in [-0.25, -0.2) is 0 Å². The second kappa shape index (κ2) is 7.82. The number of rotatable bonds is 4. The summed E-state index contributed by atoms with van der Waals surface area (Å²) in [4.78, 5) is 17.6. The number of hydrogen-bond acceptors (Lipinski definition) is 5. The molecule has 8 heteroatoms.